The van der Waals surface area contributed by atoms with Gasteiger partial charge in [0.15, 0.2) is 6.29 Å². The lowest BCUT2D eigenvalue weighted by Crippen LogP contribution is -2.46. The van der Waals surface area contributed by atoms with Crippen LogP contribution in [-0.4, -0.2) is 53.3 Å². The highest BCUT2D eigenvalue weighted by Crippen LogP contribution is 2.40. The first-order chi connectivity index (χ1) is 19.1. The largest absolute Gasteiger partial charge is 0.416 e. The Morgan fingerprint density at radius 2 is 1.59 bits per heavy atom. The molecule has 4 rings (SSSR count). The summed E-state index contributed by atoms with van der Waals surface area (Å²) < 4.78 is 106. The van der Waals surface area contributed by atoms with Gasteiger partial charge in [0.1, 0.15) is 5.82 Å². The molecular weight excluding hydrogens is 561 g/mol. The second-order valence-corrected chi connectivity index (χ2v) is 10.1. The molecule has 0 aliphatic carbocycles. The van der Waals surface area contributed by atoms with Crippen LogP contribution in [0.5, 0.6) is 0 Å². The molecule has 2 aromatic carbocycles. The van der Waals surface area contributed by atoms with Crippen molar-refractivity contribution >= 4 is 0 Å². The smallest absolute Gasteiger partial charge is 0.349 e. The third kappa shape index (κ3) is 7.56. The van der Waals surface area contributed by atoms with E-state index < -0.39 is 53.4 Å². The average Bonchev–Trinajstić information content (AvgIpc) is 3.21. The molecule has 1 aliphatic heterocycles. The SMILES string of the molecule is CC(OC1OCCN(Cc2[nH]c(=O)[nH]c2CN(C)C)C1c1ccc(F)cc1)c1cc(C(F)(F)F)cc(C(F)(F)F)c1. The number of morpholine rings is 1. The van der Waals surface area contributed by atoms with E-state index in [2.05, 4.69) is 9.97 Å². The average molecular weight is 591 g/mol. The standard InChI is InChI=1S/C27H29F7N4O3/c1-15(17-10-18(26(29,30)31)12-19(11-17)27(32,33)34)41-24-23(16-4-6-20(28)7-5-16)38(8-9-40-24)14-22-21(13-37(2)3)35-25(39)36-22/h4-7,10-12,15,23-24H,8-9,13-14H2,1-3H3,(H2,35,36,39). The monoisotopic (exact) mass is 590 g/mol. The molecule has 3 aromatic rings. The fourth-order valence-corrected chi connectivity index (χ4v) is 4.75. The summed E-state index contributed by atoms with van der Waals surface area (Å²) in [6, 6.07) is 5.98. The van der Waals surface area contributed by atoms with Crippen LogP contribution in [0.3, 0.4) is 0 Å². The molecule has 1 aliphatic rings. The van der Waals surface area contributed by atoms with E-state index in [0.29, 0.717) is 42.2 Å². The first-order valence-corrected chi connectivity index (χ1v) is 12.6. The van der Waals surface area contributed by atoms with E-state index >= 15 is 0 Å². The van der Waals surface area contributed by atoms with Crippen LogP contribution in [-0.2, 0) is 34.9 Å². The van der Waals surface area contributed by atoms with E-state index in [1.54, 1.807) is 0 Å². The Hall–Kier alpha value is -3.20. The maximum absolute atomic E-state index is 13.8. The summed E-state index contributed by atoms with van der Waals surface area (Å²) in [6.07, 6.45) is -12.4. The number of alkyl halides is 6. The number of hydrogen-bond donors (Lipinski definition) is 2. The Morgan fingerprint density at radius 3 is 2.15 bits per heavy atom. The Kier molecular flexibility index (Phi) is 8.97. The number of aromatic amines is 2. The molecule has 7 nitrogen and oxygen atoms in total. The third-order valence-electron chi connectivity index (χ3n) is 6.67. The molecule has 2 heterocycles. The molecule has 1 saturated heterocycles. The highest BCUT2D eigenvalue weighted by molar-refractivity contribution is 5.35. The number of hydrogen-bond acceptors (Lipinski definition) is 5. The third-order valence-corrected chi connectivity index (χ3v) is 6.67. The zero-order chi connectivity index (χ0) is 30.1. The summed E-state index contributed by atoms with van der Waals surface area (Å²) in [5, 5.41) is 0. The van der Waals surface area contributed by atoms with Crippen molar-refractivity contribution < 1.29 is 40.2 Å². The Balaban J connectivity index is 1.68. The van der Waals surface area contributed by atoms with Gasteiger partial charge in [-0.25, -0.2) is 9.18 Å². The van der Waals surface area contributed by atoms with Gasteiger partial charge in [-0.3, -0.25) is 4.90 Å². The maximum atomic E-state index is 13.8. The van der Waals surface area contributed by atoms with E-state index in [1.807, 2.05) is 23.9 Å². The van der Waals surface area contributed by atoms with Crippen molar-refractivity contribution in [3.63, 3.8) is 0 Å². The van der Waals surface area contributed by atoms with Gasteiger partial charge in [-0.15, -0.1) is 0 Å². The van der Waals surface area contributed by atoms with Gasteiger partial charge in [0.25, 0.3) is 0 Å². The van der Waals surface area contributed by atoms with Gasteiger partial charge < -0.3 is 24.3 Å². The van der Waals surface area contributed by atoms with Crippen LogP contribution in [0.1, 0.15) is 52.7 Å². The van der Waals surface area contributed by atoms with Crippen molar-refractivity contribution in [1.29, 1.82) is 0 Å². The number of nitrogens with zero attached hydrogens (tertiary/aromatic N) is 2. The minimum atomic E-state index is -5.01. The van der Waals surface area contributed by atoms with E-state index in [1.165, 1.54) is 31.2 Å². The number of ether oxygens (including phenoxy) is 2. The number of benzene rings is 2. The number of rotatable bonds is 8. The molecule has 0 amide bonds. The first kappa shape index (κ1) is 30.8. The number of aromatic nitrogens is 2. The fraction of sp³-hybridized carbons (Fsp3) is 0.444. The molecule has 0 bridgehead atoms. The molecule has 0 saturated carbocycles. The number of imidazole rings is 1. The second kappa shape index (κ2) is 12.0. The fourth-order valence-electron chi connectivity index (χ4n) is 4.75. The van der Waals surface area contributed by atoms with Crippen LogP contribution in [0.25, 0.3) is 0 Å². The molecule has 1 fully saturated rings. The summed E-state index contributed by atoms with van der Waals surface area (Å²) in [7, 11) is 3.66. The first-order valence-electron chi connectivity index (χ1n) is 12.6. The van der Waals surface area contributed by atoms with Gasteiger partial charge >= 0.3 is 18.0 Å². The lowest BCUT2D eigenvalue weighted by atomic mass is 10.0. The molecule has 3 unspecified atom stereocenters. The highest BCUT2D eigenvalue weighted by atomic mass is 19.4. The molecule has 14 heteroatoms. The lowest BCUT2D eigenvalue weighted by molar-refractivity contribution is -0.231. The van der Waals surface area contributed by atoms with E-state index in [0.717, 1.165) is 0 Å². The van der Waals surface area contributed by atoms with Crippen LogP contribution in [0.15, 0.2) is 47.3 Å². The Labute approximate surface area is 230 Å². The van der Waals surface area contributed by atoms with E-state index in [4.69, 9.17) is 9.47 Å². The van der Waals surface area contributed by atoms with Gasteiger partial charge in [-0.05, 0) is 62.5 Å². The van der Waals surface area contributed by atoms with E-state index in [-0.39, 0.29) is 24.8 Å². The van der Waals surface area contributed by atoms with Crippen molar-refractivity contribution in [2.75, 3.05) is 27.2 Å². The van der Waals surface area contributed by atoms with Gasteiger partial charge in [0.2, 0.25) is 0 Å². The number of nitrogens with one attached hydrogen (secondary N) is 2. The summed E-state index contributed by atoms with van der Waals surface area (Å²) in [5.41, 5.74) is -1.90. The zero-order valence-electron chi connectivity index (χ0n) is 22.4. The van der Waals surface area contributed by atoms with Gasteiger partial charge in [0, 0.05) is 19.6 Å². The van der Waals surface area contributed by atoms with Crippen LogP contribution in [0, 0.1) is 5.82 Å². The normalized spacial score (nSPS) is 19.6. The second-order valence-electron chi connectivity index (χ2n) is 10.1. The van der Waals surface area contributed by atoms with Crippen molar-refractivity contribution in [2.24, 2.45) is 0 Å². The number of H-pyrrole nitrogens is 2. The van der Waals surface area contributed by atoms with E-state index in [9.17, 15) is 35.5 Å². The molecule has 0 radical (unpaired) electrons. The van der Waals surface area contributed by atoms with Crippen LogP contribution in [0.4, 0.5) is 30.7 Å². The van der Waals surface area contributed by atoms with Crippen LogP contribution in [0.2, 0.25) is 0 Å². The number of halogens is 7. The molecular formula is C27H29F7N4O3. The predicted octanol–water partition coefficient (Wildman–Crippen LogP) is 5.62. The zero-order valence-corrected chi connectivity index (χ0v) is 22.4. The summed E-state index contributed by atoms with van der Waals surface area (Å²) in [5.74, 6) is -0.505. The topological polar surface area (TPSA) is 73.6 Å². The maximum Gasteiger partial charge on any atom is 0.416 e. The van der Waals surface area contributed by atoms with Crippen molar-refractivity contribution in [1.82, 2.24) is 19.8 Å². The molecule has 1 aromatic heterocycles. The van der Waals surface area contributed by atoms with Crippen molar-refractivity contribution in [2.45, 2.75) is 50.8 Å². The molecule has 3 atom stereocenters. The lowest BCUT2D eigenvalue weighted by Gasteiger charge is -2.42. The Morgan fingerprint density at radius 1 is 1.00 bits per heavy atom. The minimum absolute atomic E-state index is 0.0549. The van der Waals surface area contributed by atoms with Crippen LogP contribution < -0.4 is 5.69 Å². The molecule has 0 spiro atoms. The summed E-state index contributed by atoms with van der Waals surface area (Å²) >= 11 is 0. The van der Waals surface area contributed by atoms with Gasteiger partial charge in [-0.1, -0.05) is 12.1 Å². The minimum Gasteiger partial charge on any atom is -0.349 e. The summed E-state index contributed by atoms with van der Waals surface area (Å²) in [4.78, 5) is 21.4. The molecule has 41 heavy (non-hydrogen) atoms. The molecule has 224 valence electrons. The quantitative estimate of drug-likeness (QED) is 0.334. The van der Waals surface area contributed by atoms with Crippen LogP contribution >= 0.6 is 0 Å². The molecule has 2 N–H and O–H groups in total. The summed E-state index contributed by atoms with van der Waals surface area (Å²) in [6.45, 7) is 2.41. The van der Waals surface area contributed by atoms with Crippen molar-refractivity contribution in [3.8, 4) is 0 Å². The highest BCUT2D eigenvalue weighted by Gasteiger charge is 2.39. The van der Waals surface area contributed by atoms with Gasteiger partial charge in [-0.2, -0.15) is 26.3 Å². The van der Waals surface area contributed by atoms with Crippen molar-refractivity contribution in [3.05, 3.63) is 92.4 Å². The predicted molar refractivity (Wildman–Crippen MR) is 134 cm³/mol. The van der Waals surface area contributed by atoms with Gasteiger partial charge in [0.05, 0.1) is 41.3 Å². The Bertz CT molecular complexity index is 1350.